The number of para-hydroxylation sites is 1. The van der Waals surface area contributed by atoms with Crippen LogP contribution in [-0.2, 0) is 5.75 Å². The second kappa shape index (κ2) is 6.41. The lowest BCUT2D eigenvalue weighted by atomic mass is 10.2. The van der Waals surface area contributed by atoms with Crippen LogP contribution < -0.4 is 5.32 Å². The number of aromatic nitrogens is 4. The summed E-state index contributed by atoms with van der Waals surface area (Å²) in [5.74, 6) is 1.34. The highest BCUT2D eigenvalue weighted by molar-refractivity contribution is 7.98. The molecule has 0 unspecified atom stereocenters. The molecule has 21 heavy (non-hydrogen) atoms. The van der Waals surface area contributed by atoms with Gasteiger partial charge in [-0.1, -0.05) is 36.0 Å². The van der Waals surface area contributed by atoms with Crippen LogP contribution in [0.25, 0.3) is 0 Å². The van der Waals surface area contributed by atoms with Crippen molar-refractivity contribution in [2.45, 2.75) is 17.8 Å². The summed E-state index contributed by atoms with van der Waals surface area (Å²) >= 11 is 1.58. The van der Waals surface area contributed by atoms with E-state index in [2.05, 4.69) is 25.5 Å². The molecular weight excluding hydrogens is 282 g/mol. The summed E-state index contributed by atoms with van der Waals surface area (Å²) in [6, 6.07) is 13.9. The Morgan fingerprint density at radius 2 is 2.00 bits per heavy atom. The van der Waals surface area contributed by atoms with Gasteiger partial charge >= 0.3 is 0 Å². The molecule has 0 aliphatic rings. The maximum absolute atomic E-state index is 4.42. The second-order valence-corrected chi connectivity index (χ2v) is 5.48. The summed E-state index contributed by atoms with van der Waals surface area (Å²) in [6.07, 6.45) is 1.79. The zero-order chi connectivity index (χ0) is 14.5. The number of aryl methyl sites for hydroxylation is 1. The molecule has 0 amide bonds. The molecule has 0 radical (unpaired) electrons. The fourth-order valence-corrected chi connectivity index (χ4v) is 2.54. The van der Waals surface area contributed by atoms with Crippen molar-refractivity contribution in [1.29, 1.82) is 0 Å². The van der Waals surface area contributed by atoms with Crippen LogP contribution in [0.2, 0.25) is 0 Å². The highest BCUT2D eigenvalue weighted by atomic mass is 32.2. The molecular formula is C15H15N5S. The van der Waals surface area contributed by atoms with Crippen LogP contribution in [0, 0.1) is 6.92 Å². The van der Waals surface area contributed by atoms with Gasteiger partial charge in [-0.15, -0.1) is 5.10 Å². The van der Waals surface area contributed by atoms with E-state index in [-0.39, 0.29) is 0 Å². The number of benzene rings is 1. The van der Waals surface area contributed by atoms with Crippen molar-refractivity contribution >= 4 is 23.4 Å². The first kappa shape index (κ1) is 13.6. The maximum Gasteiger partial charge on any atom is 0.247 e. The van der Waals surface area contributed by atoms with Gasteiger partial charge in [0.15, 0.2) is 5.16 Å². The van der Waals surface area contributed by atoms with Gasteiger partial charge in [-0.3, -0.25) is 10.1 Å². The van der Waals surface area contributed by atoms with E-state index in [4.69, 9.17) is 0 Å². The van der Waals surface area contributed by atoms with Crippen molar-refractivity contribution in [2.24, 2.45) is 0 Å². The van der Waals surface area contributed by atoms with Gasteiger partial charge in [0, 0.05) is 17.6 Å². The second-order valence-electron chi connectivity index (χ2n) is 4.51. The maximum atomic E-state index is 4.42. The number of rotatable bonds is 5. The fraction of sp³-hybridized carbons (Fsp3) is 0.133. The van der Waals surface area contributed by atoms with Crippen LogP contribution in [0.5, 0.6) is 0 Å². The summed E-state index contributed by atoms with van der Waals surface area (Å²) in [7, 11) is 0. The van der Waals surface area contributed by atoms with Crippen molar-refractivity contribution in [3.63, 3.8) is 0 Å². The lowest BCUT2D eigenvalue weighted by Crippen LogP contribution is -1.94. The van der Waals surface area contributed by atoms with E-state index in [0.29, 0.717) is 5.95 Å². The molecule has 0 aliphatic heterocycles. The predicted octanol–water partition coefficient (Wildman–Crippen LogP) is 3.54. The normalized spacial score (nSPS) is 10.5. The molecule has 2 aromatic heterocycles. The van der Waals surface area contributed by atoms with Gasteiger partial charge in [0.1, 0.15) is 0 Å². The average molecular weight is 297 g/mol. The van der Waals surface area contributed by atoms with Crippen molar-refractivity contribution in [1.82, 2.24) is 20.2 Å². The molecule has 2 N–H and O–H groups in total. The number of H-pyrrole nitrogens is 1. The van der Waals surface area contributed by atoms with E-state index < -0.39 is 0 Å². The van der Waals surface area contributed by atoms with Gasteiger partial charge < -0.3 is 5.32 Å². The minimum atomic E-state index is 0.577. The van der Waals surface area contributed by atoms with Gasteiger partial charge in [0.05, 0.1) is 5.69 Å². The highest BCUT2D eigenvalue weighted by Gasteiger charge is 2.06. The topological polar surface area (TPSA) is 66.5 Å². The third kappa shape index (κ3) is 3.61. The summed E-state index contributed by atoms with van der Waals surface area (Å²) in [6.45, 7) is 2.05. The standard InChI is InChI=1S/C15H15N5S/c1-11-6-2-3-8-13(11)17-14-18-15(20-19-14)21-10-12-7-4-5-9-16-12/h2-9H,10H2,1H3,(H2,17,18,19,20). The number of nitrogens with zero attached hydrogens (tertiary/aromatic N) is 3. The highest BCUT2D eigenvalue weighted by Crippen LogP contribution is 2.21. The molecule has 0 saturated heterocycles. The number of nitrogens with one attached hydrogen (secondary N) is 2. The number of anilines is 2. The Kier molecular flexibility index (Phi) is 4.16. The molecule has 3 aromatic rings. The Morgan fingerprint density at radius 1 is 1.14 bits per heavy atom. The number of thioether (sulfide) groups is 1. The fourth-order valence-electron chi connectivity index (χ4n) is 1.83. The Labute approximate surface area is 127 Å². The summed E-state index contributed by atoms with van der Waals surface area (Å²) < 4.78 is 0. The summed E-state index contributed by atoms with van der Waals surface area (Å²) in [5, 5.41) is 11.1. The van der Waals surface area contributed by atoms with Crippen LogP contribution in [0.1, 0.15) is 11.3 Å². The van der Waals surface area contributed by atoms with Gasteiger partial charge in [0.2, 0.25) is 5.95 Å². The largest absolute Gasteiger partial charge is 0.323 e. The molecule has 3 rings (SSSR count). The van der Waals surface area contributed by atoms with E-state index >= 15 is 0 Å². The van der Waals surface area contributed by atoms with Gasteiger partial charge in [-0.25, -0.2) is 0 Å². The quantitative estimate of drug-likeness (QED) is 0.705. The number of aromatic amines is 1. The first-order valence-corrected chi connectivity index (χ1v) is 7.57. The molecule has 1 aromatic carbocycles. The Morgan fingerprint density at radius 3 is 2.81 bits per heavy atom. The van der Waals surface area contributed by atoms with Gasteiger partial charge in [-0.2, -0.15) is 4.98 Å². The molecule has 0 bridgehead atoms. The van der Waals surface area contributed by atoms with Crippen LogP contribution in [-0.4, -0.2) is 20.2 Å². The number of pyridine rings is 1. The minimum Gasteiger partial charge on any atom is -0.323 e. The lowest BCUT2D eigenvalue weighted by molar-refractivity contribution is 0.971. The monoisotopic (exact) mass is 297 g/mol. The van der Waals surface area contributed by atoms with Crippen LogP contribution in [0.15, 0.2) is 53.8 Å². The van der Waals surface area contributed by atoms with Crippen molar-refractivity contribution in [3.8, 4) is 0 Å². The molecule has 6 heteroatoms. The van der Waals surface area contributed by atoms with E-state index in [0.717, 1.165) is 27.9 Å². The van der Waals surface area contributed by atoms with Crippen LogP contribution in [0.4, 0.5) is 11.6 Å². The van der Waals surface area contributed by atoms with E-state index in [1.807, 2.05) is 49.4 Å². The first-order valence-electron chi connectivity index (χ1n) is 6.59. The Hall–Kier alpha value is -2.34. The average Bonchev–Trinajstić information content (AvgIpc) is 2.96. The number of hydrogen-bond acceptors (Lipinski definition) is 5. The zero-order valence-corrected chi connectivity index (χ0v) is 12.4. The molecule has 2 heterocycles. The third-order valence-corrected chi connectivity index (χ3v) is 3.84. The van der Waals surface area contributed by atoms with E-state index in [9.17, 15) is 0 Å². The van der Waals surface area contributed by atoms with Crippen molar-refractivity contribution < 1.29 is 0 Å². The SMILES string of the molecule is Cc1ccccc1Nc1n[nH]c(SCc2ccccn2)n1. The van der Waals surface area contributed by atoms with Crippen LogP contribution in [0.3, 0.4) is 0 Å². The first-order chi connectivity index (χ1) is 10.3. The zero-order valence-electron chi connectivity index (χ0n) is 11.6. The number of hydrogen-bond donors (Lipinski definition) is 2. The summed E-state index contributed by atoms with van der Waals surface area (Å²) in [4.78, 5) is 8.70. The predicted molar refractivity (Wildman–Crippen MR) is 84.6 cm³/mol. The van der Waals surface area contributed by atoms with Gasteiger partial charge in [0.25, 0.3) is 0 Å². The molecule has 0 aliphatic carbocycles. The molecule has 5 nitrogen and oxygen atoms in total. The lowest BCUT2D eigenvalue weighted by Gasteiger charge is -2.04. The van der Waals surface area contributed by atoms with E-state index in [1.165, 1.54) is 0 Å². The Balaban J connectivity index is 1.63. The third-order valence-electron chi connectivity index (χ3n) is 2.94. The van der Waals surface area contributed by atoms with Gasteiger partial charge in [-0.05, 0) is 30.7 Å². The molecule has 0 spiro atoms. The molecule has 0 fully saturated rings. The molecule has 0 atom stereocenters. The van der Waals surface area contributed by atoms with Crippen LogP contribution >= 0.6 is 11.8 Å². The van der Waals surface area contributed by atoms with Crippen molar-refractivity contribution in [2.75, 3.05) is 5.32 Å². The summed E-state index contributed by atoms with van der Waals surface area (Å²) in [5.41, 5.74) is 3.19. The smallest absolute Gasteiger partial charge is 0.247 e. The Bertz CT molecular complexity index is 711. The minimum absolute atomic E-state index is 0.577. The molecule has 106 valence electrons. The molecule has 0 saturated carbocycles. The van der Waals surface area contributed by atoms with E-state index in [1.54, 1.807) is 18.0 Å². The van der Waals surface area contributed by atoms with Crippen molar-refractivity contribution in [3.05, 3.63) is 59.9 Å².